The fourth-order valence-corrected chi connectivity index (χ4v) is 2.94. The van der Waals surface area contributed by atoms with E-state index in [0.717, 1.165) is 30.4 Å². The molecule has 1 aliphatic rings. The minimum absolute atomic E-state index is 0.0679. The fraction of sp³-hybridized carbons (Fsp3) is 0.562. The molecule has 0 aromatic heterocycles. The lowest BCUT2D eigenvalue weighted by Gasteiger charge is -2.28. The van der Waals surface area contributed by atoms with Crippen LogP contribution in [0.1, 0.15) is 32.3 Å². The average Bonchev–Trinajstić information content (AvgIpc) is 2.46. The van der Waals surface area contributed by atoms with Crippen LogP contribution in [0.5, 0.6) is 0 Å². The van der Waals surface area contributed by atoms with Gasteiger partial charge in [-0.3, -0.25) is 4.79 Å². The molecule has 1 heterocycles. The number of carbonyl (C=O) groups excluding carboxylic acids is 1. The summed E-state index contributed by atoms with van der Waals surface area (Å²) in [5.74, 6) is 0.308. The molecule has 1 unspecified atom stereocenters. The molecule has 0 saturated carbocycles. The molecular weight excluding hydrogens is 316 g/mol. The lowest BCUT2D eigenvalue weighted by Crippen LogP contribution is -2.44. The molecule has 1 fully saturated rings. The normalized spacial score (nSPS) is 19.6. The highest BCUT2D eigenvalue weighted by molar-refractivity contribution is 9.10. The van der Waals surface area contributed by atoms with E-state index in [-0.39, 0.29) is 17.2 Å². The van der Waals surface area contributed by atoms with Crippen molar-refractivity contribution in [1.82, 2.24) is 10.6 Å². The maximum absolute atomic E-state index is 12.2. The van der Waals surface area contributed by atoms with E-state index in [2.05, 4.69) is 52.5 Å². The van der Waals surface area contributed by atoms with Crippen LogP contribution in [0.2, 0.25) is 0 Å². The largest absolute Gasteiger partial charge is 0.355 e. The third-order valence-corrected chi connectivity index (χ3v) is 4.47. The van der Waals surface area contributed by atoms with Gasteiger partial charge in [0.15, 0.2) is 0 Å². The van der Waals surface area contributed by atoms with Crippen LogP contribution in [0, 0.1) is 5.92 Å². The van der Waals surface area contributed by atoms with Gasteiger partial charge in [0, 0.05) is 23.0 Å². The SMILES string of the molecule is CC(C)(CNC(=O)C1CCCNC1)c1cccc(Br)c1. The Morgan fingerprint density at radius 1 is 1.50 bits per heavy atom. The molecule has 1 aliphatic heterocycles. The number of hydrogen-bond donors (Lipinski definition) is 2. The monoisotopic (exact) mass is 338 g/mol. The smallest absolute Gasteiger partial charge is 0.224 e. The van der Waals surface area contributed by atoms with Crippen LogP contribution in [0.15, 0.2) is 28.7 Å². The molecule has 2 rings (SSSR count). The molecule has 4 heteroatoms. The van der Waals surface area contributed by atoms with Gasteiger partial charge in [0.2, 0.25) is 5.91 Å². The van der Waals surface area contributed by atoms with Gasteiger partial charge in [-0.1, -0.05) is 41.9 Å². The summed E-state index contributed by atoms with van der Waals surface area (Å²) < 4.78 is 1.07. The van der Waals surface area contributed by atoms with Crippen molar-refractivity contribution in [2.45, 2.75) is 32.1 Å². The van der Waals surface area contributed by atoms with E-state index >= 15 is 0 Å². The minimum atomic E-state index is -0.0679. The molecule has 0 aliphatic carbocycles. The van der Waals surface area contributed by atoms with Crippen molar-refractivity contribution in [2.24, 2.45) is 5.92 Å². The van der Waals surface area contributed by atoms with Crippen molar-refractivity contribution in [1.29, 1.82) is 0 Å². The molecule has 0 spiro atoms. The van der Waals surface area contributed by atoms with Gasteiger partial charge in [-0.2, -0.15) is 0 Å². The third-order valence-electron chi connectivity index (χ3n) is 3.98. The third kappa shape index (κ3) is 4.06. The molecule has 0 bridgehead atoms. The number of carbonyl (C=O) groups is 1. The molecule has 1 atom stereocenters. The van der Waals surface area contributed by atoms with E-state index in [9.17, 15) is 4.79 Å². The van der Waals surface area contributed by atoms with Crippen molar-refractivity contribution in [3.8, 4) is 0 Å². The standard InChI is InChI=1S/C16H23BrN2O/c1-16(2,13-6-3-7-14(17)9-13)11-19-15(20)12-5-4-8-18-10-12/h3,6-7,9,12,18H,4-5,8,10-11H2,1-2H3,(H,19,20). The second kappa shape index (κ2) is 6.72. The first-order chi connectivity index (χ1) is 9.49. The van der Waals surface area contributed by atoms with Gasteiger partial charge in [0.05, 0.1) is 5.92 Å². The topological polar surface area (TPSA) is 41.1 Å². The quantitative estimate of drug-likeness (QED) is 0.886. The lowest BCUT2D eigenvalue weighted by atomic mass is 9.84. The number of piperidine rings is 1. The second-order valence-electron chi connectivity index (χ2n) is 6.16. The number of rotatable bonds is 4. The van der Waals surface area contributed by atoms with E-state index in [4.69, 9.17) is 0 Å². The van der Waals surface area contributed by atoms with Gasteiger partial charge < -0.3 is 10.6 Å². The minimum Gasteiger partial charge on any atom is -0.355 e. The summed E-state index contributed by atoms with van der Waals surface area (Å²) in [6.07, 6.45) is 2.09. The molecule has 1 aromatic carbocycles. The Morgan fingerprint density at radius 2 is 2.30 bits per heavy atom. The Labute approximate surface area is 129 Å². The molecule has 0 radical (unpaired) electrons. The molecule has 2 N–H and O–H groups in total. The first kappa shape index (κ1) is 15.5. The molecule has 1 aromatic rings. The lowest BCUT2D eigenvalue weighted by molar-refractivity contribution is -0.125. The Hall–Kier alpha value is -0.870. The van der Waals surface area contributed by atoms with Crippen LogP contribution >= 0.6 is 15.9 Å². The van der Waals surface area contributed by atoms with E-state index in [0.29, 0.717) is 6.54 Å². The molecule has 110 valence electrons. The van der Waals surface area contributed by atoms with E-state index in [1.54, 1.807) is 0 Å². The van der Waals surface area contributed by atoms with Gasteiger partial charge in [-0.25, -0.2) is 0 Å². The predicted octanol–water partition coefficient (Wildman–Crippen LogP) is 2.84. The van der Waals surface area contributed by atoms with Gasteiger partial charge in [-0.15, -0.1) is 0 Å². The number of amides is 1. The van der Waals surface area contributed by atoms with Crippen LogP contribution in [0.25, 0.3) is 0 Å². The van der Waals surface area contributed by atoms with Gasteiger partial charge in [0.25, 0.3) is 0 Å². The Bertz CT molecular complexity index is 467. The summed E-state index contributed by atoms with van der Waals surface area (Å²) in [5, 5.41) is 6.40. The number of benzene rings is 1. The Balaban J connectivity index is 1.93. The molecule has 20 heavy (non-hydrogen) atoms. The highest BCUT2D eigenvalue weighted by Crippen LogP contribution is 2.25. The first-order valence-corrected chi connectivity index (χ1v) is 8.03. The number of hydrogen-bond acceptors (Lipinski definition) is 2. The highest BCUT2D eigenvalue weighted by Gasteiger charge is 2.25. The van der Waals surface area contributed by atoms with Crippen LogP contribution in [-0.2, 0) is 10.2 Å². The van der Waals surface area contributed by atoms with Gasteiger partial charge in [-0.05, 0) is 37.1 Å². The van der Waals surface area contributed by atoms with Crippen LogP contribution in [0.3, 0.4) is 0 Å². The van der Waals surface area contributed by atoms with Gasteiger partial charge in [0.1, 0.15) is 0 Å². The molecule has 1 saturated heterocycles. The predicted molar refractivity (Wildman–Crippen MR) is 85.8 cm³/mol. The summed E-state index contributed by atoms with van der Waals surface area (Å²) in [4.78, 5) is 12.2. The summed E-state index contributed by atoms with van der Waals surface area (Å²) in [6, 6.07) is 8.29. The first-order valence-electron chi connectivity index (χ1n) is 7.23. The maximum atomic E-state index is 12.2. The summed E-state index contributed by atoms with van der Waals surface area (Å²) >= 11 is 3.50. The van der Waals surface area contributed by atoms with Crippen LogP contribution in [0.4, 0.5) is 0 Å². The van der Waals surface area contributed by atoms with Crippen molar-refractivity contribution >= 4 is 21.8 Å². The van der Waals surface area contributed by atoms with Crippen molar-refractivity contribution < 1.29 is 4.79 Å². The Morgan fingerprint density at radius 3 is 2.95 bits per heavy atom. The average molecular weight is 339 g/mol. The van der Waals surface area contributed by atoms with E-state index in [1.807, 2.05) is 12.1 Å². The highest BCUT2D eigenvalue weighted by atomic mass is 79.9. The summed E-state index contributed by atoms with van der Waals surface area (Å²) in [6.45, 7) is 6.83. The van der Waals surface area contributed by atoms with E-state index < -0.39 is 0 Å². The summed E-state index contributed by atoms with van der Waals surface area (Å²) in [7, 11) is 0. The zero-order chi connectivity index (χ0) is 14.6. The fourth-order valence-electron chi connectivity index (χ4n) is 2.54. The van der Waals surface area contributed by atoms with Crippen LogP contribution in [-0.4, -0.2) is 25.5 Å². The maximum Gasteiger partial charge on any atom is 0.224 e. The van der Waals surface area contributed by atoms with Crippen molar-refractivity contribution in [3.63, 3.8) is 0 Å². The summed E-state index contributed by atoms with van der Waals surface area (Å²) in [5.41, 5.74) is 1.16. The Kier molecular flexibility index (Phi) is 5.22. The number of nitrogens with one attached hydrogen (secondary N) is 2. The van der Waals surface area contributed by atoms with Crippen LogP contribution < -0.4 is 10.6 Å². The van der Waals surface area contributed by atoms with Crippen molar-refractivity contribution in [2.75, 3.05) is 19.6 Å². The zero-order valence-electron chi connectivity index (χ0n) is 12.2. The molecule has 1 amide bonds. The molecular formula is C16H23BrN2O. The zero-order valence-corrected chi connectivity index (χ0v) is 13.8. The van der Waals surface area contributed by atoms with Gasteiger partial charge >= 0.3 is 0 Å². The van der Waals surface area contributed by atoms with Crippen molar-refractivity contribution in [3.05, 3.63) is 34.3 Å². The second-order valence-corrected chi connectivity index (χ2v) is 7.07. The van der Waals surface area contributed by atoms with E-state index in [1.165, 1.54) is 5.56 Å². The molecule has 3 nitrogen and oxygen atoms in total. The number of halogens is 1.